The van der Waals surface area contributed by atoms with E-state index in [0.29, 0.717) is 13.1 Å². The van der Waals surface area contributed by atoms with Gasteiger partial charge in [0.15, 0.2) is 0 Å². The first-order valence-corrected chi connectivity index (χ1v) is 7.96. The van der Waals surface area contributed by atoms with E-state index in [2.05, 4.69) is 30.8 Å². The second-order valence-corrected chi connectivity index (χ2v) is 8.55. The van der Waals surface area contributed by atoms with Crippen LogP contribution < -0.4 is 10.0 Å². The Morgan fingerprint density at radius 1 is 1.11 bits per heavy atom. The fraction of sp³-hybridized carbons (Fsp3) is 1.00. The predicted molar refractivity (Wildman–Crippen MR) is 74.6 cm³/mol. The average molecular weight is 277 g/mol. The standard InChI is InChI=1S/C12H27N3O2S/c1-11(2,3)10-12(4,5)14-18(16,17)15-8-6-13-7-9-15/h13-14H,6-10H2,1-5H3. The third kappa shape index (κ3) is 5.22. The topological polar surface area (TPSA) is 61.4 Å². The van der Waals surface area contributed by atoms with Crippen LogP contribution in [0.1, 0.15) is 41.0 Å². The van der Waals surface area contributed by atoms with Crippen LogP contribution in [-0.4, -0.2) is 44.4 Å². The molecule has 1 heterocycles. The number of hydrogen-bond acceptors (Lipinski definition) is 3. The normalized spacial score (nSPS) is 20.1. The van der Waals surface area contributed by atoms with Crippen molar-refractivity contribution in [2.75, 3.05) is 26.2 Å². The molecule has 1 aliphatic rings. The highest BCUT2D eigenvalue weighted by molar-refractivity contribution is 7.87. The van der Waals surface area contributed by atoms with Gasteiger partial charge in [0, 0.05) is 31.7 Å². The van der Waals surface area contributed by atoms with Gasteiger partial charge >= 0.3 is 0 Å². The van der Waals surface area contributed by atoms with E-state index in [1.807, 2.05) is 13.8 Å². The van der Waals surface area contributed by atoms with Crippen molar-refractivity contribution in [1.29, 1.82) is 0 Å². The minimum Gasteiger partial charge on any atom is -0.314 e. The highest BCUT2D eigenvalue weighted by Gasteiger charge is 2.33. The Hall–Kier alpha value is -0.170. The summed E-state index contributed by atoms with van der Waals surface area (Å²) in [6.07, 6.45) is 0.797. The Balaban J connectivity index is 2.69. The zero-order valence-electron chi connectivity index (χ0n) is 12.2. The lowest BCUT2D eigenvalue weighted by Crippen LogP contribution is -2.55. The summed E-state index contributed by atoms with van der Waals surface area (Å²) >= 11 is 0. The Kier molecular flexibility index (Phi) is 4.81. The molecule has 6 heteroatoms. The Morgan fingerprint density at radius 2 is 1.61 bits per heavy atom. The molecule has 0 amide bonds. The van der Waals surface area contributed by atoms with Crippen LogP contribution in [0.3, 0.4) is 0 Å². The number of piperazine rings is 1. The number of hydrogen-bond donors (Lipinski definition) is 2. The molecule has 1 aliphatic heterocycles. The van der Waals surface area contributed by atoms with E-state index >= 15 is 0 Å². The van der Waals surface area contributed by atoms with Gasteiger partial charge in [0.05, 0.1) is 0 Å². The maximum atomic E-state index is 12.3. The van der Waals surface area contributed by atoms with Crippen molar-refractivity contribution in [2.45, 2.75) is 46.6 Å². The van der Waals surface area contributed by atoms with Crippen molar-refractivity contribution in [2.24, 2.45) is 5.41 Å². The molecule has 1 saturated heterocycles. The minimum atomic E-state index is -3.37. The van der Waals surface area contributed by atoms with Gasteiger partial charge in [-0.1, -0.05) is 20.8 Å². The van der Waals surface area contributed by atoms with Gasteiger partial charge in [-0.05, 0) is 25.7 Å². The van der Waals surface area contributed by atoms with Gasteiger partial charge < -0.3 is 5.32 Å². The molecule has 0 aromatic rings. The van der Waals surface area contributed by atoms with Gasteiger partial charge in [0.25, 0.3) is 10.2 Å². The third-order valence-corrected chi connectivity index (χ3v) is 4.65. The lowest BCUT2D eigenvalue weighted by molar-refractivity contribution is 0.261. The molecule has 1 fully saturated rings. The Morgan fingerprint density at radius 3 is 2.06 bits per heavy atom. The van der Waals surface area contributed by atoms with Crippen LogP contribution in [0.4, 0.5) is 0 Å². The molecule has 1 rings (SSSR count). The van der Waals surface area contributed by atoms with E-state index in [4.69, 9.17) is 0 Å². The Labute approximate surface area is 112 Å². The van der Waals surface area contributed by atoms with E-state index in [-0.39, 0.29) is 5.41 Å². The molecule has 0 radical (unpaired) electrons. The van der Waals surface area contributed by atoms with Crippen LogP contribution in [0, 0.1) is 5.41 Å². The second kappa shape index (κ2) is 5.45. The van der Waals surface area contributed by atoms with Crippen molar-refractivity contribution < 1.29 is 8.42 Å². The van der Waals surface area contributed by atoms with E-state index in [0.717, 1.165) is 19.5 Å². The first-order valence-electron chi connectivity index (χ1n) is 6.52. The molecular weight excluding hydrogens is 250 g/mol. The molecule has 2 N–H and O–H groups in total. The highest BCUT2D eigenvalue weighted by atomic mass is 32.2. The van der Waals surface area contributed by atoms with E-state index in [1.165, 1.54) is 4.31 Å². The molecule has 108 valence electrons. The molecule has 0 spiro atoms. The van der Waals surface area contributed by atoms with Crippen molar-refractivity contribution >= 4 is 10.2 Å². The van der Waals surface area contributed by atoms with Crippen LogP contribution in [-0.2, 0) is 10.2 Å². The highest BCUT2D eigenvalue weighted by Crippen LogP contribution is 2.27. The van der Waals surface area contributed by atoms with Crippen molar-refractivity contribution in [3.63, 3.8) is 0 Å². The fourth-order valence-corrected chi connectivity index (χ4v) is 4.22. The summed E-state index contributed by atoms with van der Waals surface area (Å²) in [5.41, 5.74) is -0.336. The molecule has 0 aliphatic carbocycles. The molecule has 5 nitrogen and oxygen atoms in total. The Bertz CT molecular complexity index is 365. The van der Waals surface area contributed by atoms with Crippen LogP contribution in [0.15, 0.2) is 0 Å². The zero-order valence-corrected chi connectivity index (χ0v) is 13.0. The number of nitrogens with one attached hydrogen (secondary N) is 2. The first-order chi connectivity index (χ1) is 8.02. The SMILES string of the molecule is CC(C)(C)CC(C)(C)NS(=O)(=O)N1CCNCC1. The molecule has 0 unspecified atom stereocenters. The van der Waals surface area contributed by atoms with Crippen molar-refractivity contribution in [1.82, 2.24) is 14.3 Å². The summed E-state index contributed by atoms with van der Waals surface area (Å²) in [5.74, 6) is 0. The smallest absolute Gasteiger partial charge is 0.280 e. The monoisotopic (exact) mass is 277 g/mol. The molecule has 0 aromatic heterocycles. The van der Waals surface area contributed by atoms with Gasteiger partial charge in [-0.3, -0.25) is 0 Å². The number of nitrogens with zero attached hydrogens (tertiary/aromatic N) is 1. The summed E-state index contributed by atoms with van der Waals surface area (Å²) in [4.78, 5) is 0. The van der Waals surface area contributed by atoms with E-state index in [1.54, 1.807) is 0 Å². The maximum absolute atomic E-state index is 12.3. The van der Waals surface area contributed by atoms with Gasteiger partial charge in [-0.15, -0.1) is 0 Å². The van der Waals surface area contributed by atoms with E-state index < -0.39 is 15.7 Å². The predicted octanol–water partition coefficient (Wildman–Crippen LogP) is 0.941. The quantitative estimate of drug-likeness (QED) is 0.804. The van der Waals surface area contributed by atoms with E-state index in [9.17, 15) is 8.42 Å². The molecule has 0 bridgehead atoms. The molecule has 0 saturated carbocycles. The average Bonchev–Trinajstić information content (AvgIpc) is 2.13. The van der Waals surface area contributed by atoms with Crippen LogP contribution >= 0.6 is 0 Å². The third-order valence-electron chi connectivity index (χ3n) is 2.79. The largest absolute Gasteiger partial charge is 0.314 e. The van der Waals surface area contributed by atoms with Crippen molar-refractivity contribution in [3.8, 4) is 0 Å². The zero-order chi connectivity index (χ0) is 14.0. The van der Waals surface area contributed by atoms with Crippen LogP contribution in [0.25, 0.3) is 0 Å². The van der Waals surface area contributed by atoms with Gasteiger partial charge in [-0.25, -0.2) is 0 Å². The van der Waals surface area contributed by atoms with Gasteiger partial charge in [-0.2, -0.15) is 17.4 Å². The fourth-order valence-electron chi connectivity index (χ4n) is 2.66. The maximum Gasteiger partial charge on any atom is 0.280 e. The molecule has 0 aromatic carbocycles. The molecule has 0 atom stereocenters. The first kappa shape index (κ1) is 15.9. The number of rotatable bonds is 4. The van der Waals surface area contributed by atoms with Crippen LogP contribution in [0.5, 0.6) is 0 Å². The van der Waals surface area contributed by atoms with Gasteiger partial charge in [0.2, 0.25) is 0 Å². The summed E-state index contributed by atoms with van der Waals surface area (Å²) in [6, 6.07) is 0. The minimum absolute atomic E-state index is 0.0927. The summed E-state index contributed by atoms with van der Waals surface area (Å²) in [5, 5.41) is 3.15. The lowest BCUT2D eigenvalue weighted by Gasteiger charge is -2.36. The molecular formula is C12H27N3O2S. The van der Waals surface area contributed by atoms with Crippen LogP contribution in [0.2, 0.25) is 0 Å². The van der Waals surface area contributed by atoms with Gasteiger partial charge in [0.1, 0.15) is 0 Å². The summed E-state index contributed by atoms with van der Waals surface area (Å²) < 4.78 is 28.9. The summed E-state index contributed by atoms with van der Waals surface area (Å²) in [6.45, 7) is 12.8. The second-order valence-electron chi connectivity index (χ2n) is 6.88. The molecule has 18 heavy (non-hydrogen) atoms. The summed E-state index contributed by atoms with van der Waals surface area (Å²) in [7, 11) is -3.37. The van der Waals surface area contributed by atoms with Crippen molar-refractivity contribution in [3.05, 3.63) is 0 Å². The lowest BCUT2D eigenvalue weighted by atomic mass is 9.82.